The van der Waals surface area contributed by atoms with Crippen molar-refractivity contribution in [1.29, 1.82) is 0 Å². The first-order valence-electron chi connectivity index (χ1n) is 13.3. The zero-order valence-corrected chi connectivity index (χ0v) is 22.3. The number of allylic oxidation sites excluding steroid dienone is 1. The lowest BCUT2D eigenvalue weighted by Gasteiger charge is -2.34. The van der Waals surface area contributed by atoms with E-state index in [0.29, 0.717) is 46.5 Å². The summed E-state index contributed by atoms with van der Waals surface area (Å²) in [7, 11) is 0. The average Bonchev–Trinajstić information content (AvgIpc) is 3.10. The van der Waals surface area contributed by atoms with Crippen LogP contribution in [-0.4, -0.2) is 11.6 Å². The van der Waals surface area contributed by atoms with Gasteiger partial charge in [-0.1, -0.05) is 68.4 Å². The summed E-state index contributed by atoms with van der Waals surface area (Å²) in [5, 5.41) is 7.02. The third-order valence-corrected chi connectivity index (χ3v) is 7.37. The molecular weight excluding hydrogens is 503 g/mol. The fourth-order valence-electron chi connectivity index (χ4n) is 5.49. The molecule has 200 valence electrons. The summed E-state index contributed by atoms with van der Waals surface area (Å²) in [5.74, 6) is 0.0537. The number of ether oxygens (including phenoxy) is 1. The SMILES string of the molecule is CC1(C)CC(=O)C2=C(C1)Nc1cc(C(=O)c3ccccc3)ccc1N[C@H]2c1ccc(F)c(Oc2ccccc2)c1. The summed E-state index contributed by atoms with van der Waals surface area (Å²) in [6.07, 6.45) is 1.05. The number of ketones is 2. The van der Waals surface area contributed by atoms with E-state index in [9.17, 15) is 14.0 Å². The molecular formula is C34H29FN2O3. The second-order valence-corrected chi connectivity index (χ2v) is 11.1. The first-order valence-corrected chi connectivity index (χ1v) is 13.3. The molecule has 4 aromatic rings. The number of hydrogen-bond acceptors (Lipinski definition) is 5. The molecule has 0 aromatic heterocycles. The zero-order chi connectivity index (χ0) is 27.9. The summed E-state index contributed by atoms with van der Waals surface area (Å²) in [6, 6.07) is 27.8. The molecule has 1 aliphatic carbocycles. The van der Waals surface area contributed by atoms with Crippen molar-refractivity contribution < 1.29 is 18.7 Å². The summed E-state index contributed by atoms with van der Waals surface area (Å²) in [4.78, 5) is 26.8. The van der Waals surface area contributed by atoms with E-state index in [1.54, 1.807) is 42.5 Å². The van der Waals surface area contributed by atoms with Gasteiger partial charge in [0, 0.05) is 28.8 Å². The van der Waals surface area contributed by atoms with Crippen molar-refractivity contribution in [3.05, 3.63) is 131 Å². The van der Waals surface area contributed by atoms with E-state index in [4.69, 9.17) is 4.74 Å². The van der Waals surface area contributed by atoms with Crippen molar-refractivity contribution in [3.63, 3.8) is 0 Å². The number of halogens is 1. The normalized spacial score (nSPS) is 17.6. The molecule has 0 spiro atoms. The van der Waals surface area contributed by atoms with Crippen molar-refractivity contribution in [3.8, 4) is 11.5 Å². The van der Waals surface area contributed by atoms with E-state index < -0.39 is 11.9 Å². The molecule has 1 atom stereocenters. The van der Waals surface area contributed by atoms with Gasteiger partial charge in [0.2, 0.25) is 0 Å². The number of fused-ring (bicyclic) bond motifs is 1. The fourth-order valence-corrected chi connectivity index (χ4v) is 5.49. The molecule has 5 nitrogen and oxygen atoms in total. The Labute approximate surface area is 232 Å². The number of hydrogen-bond donors (Lipinski definition) is 2. The number of benzene rings is 4. The smallest absolute Gasteiger partial charge is 0.193 e. The lowest BCUT2D eigenvalue weighted by molar-refractivity contribution is -0.118. The third-order valence-electron chi connectivity index (χ3n) is 7.37. The van der Waals surface area contributed by atoms with Crippen LogP contribution in [0.1, 0.15) is 54.2 Å². The molecule has 6 heteroatoms. The van der Waals surface area contributed by atoms with Crippen LogP contribution in [0.4, 0.5) is 15.8 Å². The number of carbonyl (C=O) groups is 2. The Kier molecular flexibility index (Phi) is 6.46. The minimum absolute atomic E-state index is 0.0273. The van der Waals surface area contributed by atoms with E-state index in [1.807, 2.05) is 48.5 Å². The van der Waals surface area contributed by atoms with E-state index in [1.165, 1.54) is 6.07 Å². The molecule has 2 aliphatic rings. The molecule has 0 saturated heterocycles. The number of para-hydroxylation sites is 1. The van der Waals surface area contributed by atoms with Crippen molar-refractivity contribution in [1.82, 2.24) is 0 Å². The Bertz CT molecular complexity index is 1640. The van der Waals surface area contributed by atoms with Gasteiger partial charge >= 0.3 is 0 Å². The topological polar surface area (TPSA) is 67.4 Å². The van der Waals surface area contributed by atoms with Gasteiger partial charge in [-0.05, 0) is 59.9 Å². The predicted octanol–water partition coefficient (Wildman–Crippen LogP) is 8.07. The first-order chi connectivity index (χ1) is 19.3. The Hall–Kier alpha value is -4.71. The molecule has 0 amide bonds. The molecule has 40 heavy (non-hydrogen) atoms. The molecule has 2 N–H and O–H groups in total. The Morgan fingerprint density at radius 3 is 2.33 bits per heavy atom. The highest BCUT2D eigenvalue weighted by molar-refractivity contribution is 6.10. The van der Waals surface area contributed by atoms with Crippen molar-refractivity contribution >= 4 is 22.9 Å². The van der Waals surface area contributed by atoms with Gasteiger partial charge < -0.3 is 15.4 Å². The molecule has 0 bridgehead atoms. The highest BCUT2D eigenvalue weighted by atomic mass is 19.1. The van der Waals surface area contributed by atoms with Crippen LogP contribution in [0, 0.1) is 11.2 Å². The van der Waals surface area contributed by atoms with Gasteiger partial charge in [0.25, 0.3) is 0 Å². The van der Waals surface area contributed by atoms with Crippen molar-refractivity contribution in [2.45, 2.75) is 32.7 Å². The van der Waals surface area contributed by atoms with E-state index in [-0.39, 0.29) is 22.7 Å². The second-order valence-electron chi connectivity index (χ2n) is 11.1. The number of nitrogens with one attached hydrogen (secondary N) is 2. The summed E-state index contributed by atoms with van der Waals surface area (Å²) >= 11 is 0. The Morgan fingerprint density at radius 1 is 0.850 bits per heavy atom. The minimum Gasteiger partial charge on any atom is -0.454 e. The van der Waals surface area contributed by atoms with Crippen LogP contribution in [-0.2, 0) is 4.79 Å². The van der Waals surface area contributed by atoms with Crippen molar-refractivity contribution in [2.24, 2.45) is 5.41 Å². The van der Waals surface area contributed by atoms with Gasteiger partial charge in [-0.3, -0.25) is 9.59 Å². The summed E-state index contributed by atoms with van der Waals surface area (Å²) in [5.41, 5.74) is 4.48. The van der Waals surface area contributed by atoms with Gasteiger partial charge in [0.05, 0.1) is 17.4 Å². The molecule has 1 heterocycles. The first kappa shape index (κ1) is 25.6. The van der Waals surface area contributed by atoms with Crippen LogP contribution in [0.2, 0.25) is 0 Å². The van der Waals surface area contributed by atoms with Crippen LogP contribution in [0.15, 0.2) is 108 Å². The maximum absolute atomic E-state index is 14.8. The maximum Gasteiger partial charge on any atom is 0.193 e. The van der Waals surface area contributed by atoms with Crippen LogP contribution < -0.4 is 15.4 Å². The lowest BCUT2D eigenvalue weighted by Crippen LogP contribution is -2.31. The molecule has 0 radical (unpaired) electrons. The largest absolute Gasteiger partial charge is 0.454 e. The van der Waals surface area contributed by atoms with Crippen LogP contribution >= 0.6 is 0 Å². The quantitative estimate of drug-likeness (QED) is 0.254. The summed E-state index contributed by atoms with van der Waals surface area (Å²) in [6.45, 7) is 4.15. The molecule has 6 rings (SSSR count). The zero-order valence-electron chi connectivity index (χ0n) is 22.3. The van der Waals surface area contributed by atoms with E-state index >= 15 is 0 Å². The average molecular weight is 533 g/mol. The fraction of sp³-hybridized carbons (Fsp3) is 0.176. The van der Waals surface area contributed by atoms with Crippen LogP contribution in [0.3, 0.4) is 0 Å². The van der Waals surface area contributed by atoms with E-state index in [2.05, 4.69) is 24.5 Å². The number of Topliss-reactive ketones (excluding diaryl/α,β-unsaturated/α-hetero) is 1. The van der Waals surface area contributed by atoms with Gasteiger partial charge in [0.15, 0.2) is 23.1 Å². The van der Waals surface area contributed by atoms with Crippen molar-refractivity contribution in [2.75, 3.05) is 10.6 Å². The summed E-state index contributed by atoms with van der Waals surface area (Å²) < 4.78 is 20.7. The molecule has 4 aromatic carbocycles. The minimum atomic E-state index is -0.540. The molecule has 1 aliphatic heterocycles. The number of carbonyl (C=O) groups excluding carboxylic acids is 2. The highest BCUT2D eigenvalue weighted by Gasteiger charge is 2.39. The van der Waals surface area contributed by atoms with Gasteiger partial charge in [0.1, 0.15) is 5.75 Å². The monoisotopic (exact) mass is 532 g/mol. The van der Waals surface area contributed by atoms with Gasteiger partial charge in [-0.2, -0.15) is 0 Å². The number of rotatable bonds is 5. The van der Waals surface area contributed by atoms with Gasteiger partial charge in [-0.25, -0.2) is 4.39 Å². The molecule has 0 fully saturated rings. The molecule has 0 saturated carbocycles. The Morgan fingerprint density at radius 2 is 1.57 bits per heavy atom. The standard InChI is InChI=1S/C34H29FN2O3/c1-34(2)19-28-31(29(38)20-34)32(22-13-15-25(35)30(18-22)40-24-11-7-4-8-12-24)37-26-16-14-23(17-27(26)36-28)33(39)21-9-5-3-6-10-21/h3-18,32,36-37H,19-20H2,1-2H3/t32-/m0/s1. The second kappa shape index (κ2) is 10.1. The maximum atomic E-state index is 14.8. The predicted molar refractivity (Wildman–Crippen MR) is 154 cm³/mol. The third kappa shape index (κ3) is 5.00. The van der Waals surface area contributed by atoms with Gasteiger partial charge in [-0.15, -0.1) is 0 Å². The van der Waals surface area contributed by atoms with E-state index in [0.717, 1.165) is 11.4 Å². The molecule has 0 unspecified atom stereocenters. The van der Waals surface area contributed by atoms with Crippen LogP contribution in [0.25, 0.3) is 0 Å². The highest BCUT2D eigenvalue weighted by Crippen LogP contribution is 2.46. The lowest BCUT2D eigenvalue weighted by atomic mass is 9.73. The Balaban J connectivity index is 1.43. The van der Waals surface area contributed by atoms with Crippen LogP contribution in [0.5, 0.6) is 11.5 Å². The number of anilines is 2.